The lowest BCUT2D eigenvalue weighted by atomic mass is 9.51. The van der Waals surface area contributed by atoms with Crippen LogP contribution in [0.5, 0.6) is 0 Å². The van der Waals surface area contributed by atoms with Crippen molar-refractivity contribution in [2.75, 3.05) is 6.54 Å². The molecule has 4 nitrogen and oxygen atoms in total. The van der Waals surface area contributed by atoms with Crippen molar-refractivity contribution in [1.82, 2.24) is 9.97 Å². The smallest absolute Gasteiger partial charge is 0.251 e. The van der Waals surface area contributed by atoms with E-state index in [0.29, 0.717) is 18.9 Å². The molecule has 4 fully saturated rings. The number of nitrogens with zero attached hydrogens (tertiary/aromatic N) is 1. The molecule has 0 atom stereocenters. The number of nitrogens with one attached hydrogen (secondary N) is 1. The van der Waals surface area contributed by atoms with Gasteiger partial charge in [0.15, 0.2) is 0 Å². The number of H-pyrrole nitrogens is 1. The Morgan fingerprint density at radius 3 is 2.40 bits per heavy atom. The number of rotatable bonds is 3. The van der Waals surface area contributed by atoms with Gasteiger partial charge >= 0.3 is 0 Å². The van der Waals surface area contributed by atoms with Crippen molar-refractivity contribution >= 4 is 0 Å². The summed E-state index contributed by atoms with van der Waals surface area (Å²) in [6.45, 7) is 0.536. The zero-order chi connectivity index (χ0) is 13.7. The monoisotopic (exact) mass is 273 g/mol. The maximum absolute atomic E-state index is 11.9. The minimum Gasteiger partial charge on any atom is -0.330 e. The average Bonchev–Trinajstić information content (AvgIpc) is 2.37. The van der Waals surface area contributed by atoms with Crippen LogP contribution in [0, 0.1) is 23.7 Å². The minimum absolute atomic E-state index is 0.00717. The Morgan fingerprint density at radius 2 is 1.80 bits per heavy atom. The second-order valence-corrected chi connectivity index (χ2v) is 7.11. The summed E-state index contributed by atoms with van der Waals surface area (Å²) in [6.07, 6.45) is 7.56. The number of nitrogens with two attached hydrogens (primary N) is 1. The number of hydrogen-bond acceptors (Lipinski definition) is 3. The molecule has 0 saturated heterocycles. The standard InChI is InChI=1S/C16H23N3O/c17-2-1-14-18-13(8-15(20)19-14)16-11-4-9-3-10(6-11)7-12(16)5-9/h8-12,16H,1-7,17H2,(H,18,19,20). The molecule has 0 spiro atoms. The number of aromatic amines is 1. The van der Waals surface area contributed by atoms with Gasteiger partial charge in [-0.25, -0.2) is 4.98 Å². The first-order chi connectivity index (χ1) is 9.72. The van der Waals surface area contributed by atoms with Crippen molar-refractivity contribution < 1.29 is 0 Å². The average molecular weight is 273 g/mol. The van der Waals surface area contributed by atoms with Crippen LogP contribution in [0.15, 0.2) is 10.9 Å². The summed E-state index contributed by atoms with van der Waals surface area (Å²) in [5.41, 5.74) is 6.63. The molecule has 4 aliphatic carbocycles. The molecule has 0 radical (unpaired) electrons. The predicted octanol–water partition coefficient (Wildman–Crippen LogP) is 1.81. The van der Waals surface area contributed by atoms with Crippen LogP contribution in [-0.2, 0) is 6.42 Å². The van der Waals surface area contributed by atoms with E-state index >= 15 is 0 Å². The van der Waals surface area contributed by atoms with Gasteiger partial charge in [0, 0.05) is 18.4 Å². The van der Waals surface area contributed by atoms with Gasteiger partial charge in [0.25, 0.3) is 5.56 Å². The van der Waals surface area contributed by atoms with Gasteiger partial charge in [-0.15, -0.1) is 0 Å². The lowest BCUT2D eigenvalue weighted by Gasteiger charge is -2.54. The second-order valence-electron chi connectivity index (χ2n) is 7.11. The van der Waals surface area contributed by atoms with Gasteiger partial charge in [-0.2, -0.15) is 0 Å². The lowest BCUT2D eigenvalue weighted by molar-refractivity contribution is -0.00428. The van der Waals surface area contributed by atoms with E-state index < -0.39 is 0 Å². The SMILES string of the molecule is NCCc1nc(C2C3CC4CC(C3)CC2C4)cc(=O)[nH]1. The van der Waals surface area contributed by atoms with Gasteiger partial charge in [0.1, 0.15) is 5.82 Å². The van der Waals surface area contributed by atoms with Crippen molar-refractivity contribution in [3.05, 3.63) is 27.9 Å². The van der Waals surface area contributed by atoms with Crippen molar-refractivity contribution in [3.8, 4) is 0 Å². The van der Waals surface area contributed by atoms with Gasteiger partial charge in [-0.1, -0.05) is 0 Å². The van der Waals surface area contributed by atoms with E-state index in [0.717, 1.165) is 35.2 Å². The van der Waals surface area contributed by atoms with Crippen molar-refractivity contribution in [2.45, 2.75) is 44.4 Å². The fourth-order valence-corrected chi connectivity index (χ4v) is 5.36. The van der Waals surface area contributed by atoms with E-state index in [2.05, 4.69) is 4.98 Å². The first kappa shape index (κ1) is 12.6. The Kier molecular flexibility index (Phi) is 2.95. The van der Waals surface area contributed by atoms with Crippen molar-refractivity contribution in [1.29, 1.82) is 0 Å². The van der Waals surface area contributed by atoms with Crippen LogP contribution < -0.4 is 11.3 Å². The van der Waals surface area contributed by atoms with Crippen LogP contribution in [0.4, 0.5) is 0 Å². The fourth-order valence-electron chi connectivity index (χ4n) is 5.36. The molecule has 0 amide bonds. The Morgan fingerprint density at radius 1 is 1.15 bits per heavy atom. The van der Waals surface area contributed by atoms with Gasteiger partial charge in [0.2, 0.25) is 0 Å². The largest absolute Gasteiger partial charge is 0.330 e. The summed E-state index contributed by atoms with van der Waals surface area (Å²) in [5.74, 6) is 4.75. The molecule has 0 aliphatic heterocycles. The van der Waals surface area contributed by atoms with E-state index in [1.54, 1.807) is 6.07 Å². The van der Waals surface area contributed by atoms with Gasteiger partial charge < -0.3 is 10.7 Å². The third kappa shape index (κ3) is 2.01. The van der Waals surface area contributed by atoms with Crippen LogP contribution in [0.2, 0.25) is 0 Å². The predicted molar refractivity (Wildman–Crippen MR) is 77.4 cm³/mol. The molecule has 1 aromatic rings. The quantitative estimate of drug-likeness (QED) is 0.882. The molecule has 4 bridgehead atoms. The Balaban J connectivity index is 1.68. The number of aromatic nitrogens is 2. The zero-order valence-corrected chi connectivity index (χ0v) is 11.8. The van der Waals surface area contributed by atoms with Crippen molar-refractivity contribution in [2.24, 2.45) is 29.4 Å². The molecule has 0 aromatic carbocycles. The van der Waals surface area contributed by atoms with Crippen LogP contribution in [0.1, 0.15) is 49.5 Å². The summed E-state index contributed by atoms with van der Waals surface area (Å²) in [6, 6.07) is 1.74. The molecule has 3 N–H and O–H groups in total. The first-order valence-electron chi connectivity index (χ1n) is 8.03. The fraction of sp³-hybridized carbons (Fsp3) is 0.750. The van der Waals surface area contributed by atoms with Crippen LogP contribution in [-0.4, -0.2) is 16.5 Å². The highest BCUT2D eigenvalue weighted by molar-refractivity contribution is 5.17. The Hall–Kier alpha value is -1.16. The topological polar surface area (TPSA) is 71.8 Å². The van der Waals surface area contributed by atoms with Crippen LogP contribution >= 0.6 is 0 Å². The lowest BCUT2D eigenvalue weighted by Crippen LogP contribution is -2.44. The normalized spacial score (nSPS) is 38.4. The third-order valence-corrected chi connectivity index (χ3v) is 5.76. The molecule has 108 valence electrons. The highest BCUT2D eigenvalue weighted by Crippen LogP contribution is 2.59. The van der Waals surface area contributed by atoms with Gasteiger partial charge in [-0.05, 0) is 62.3 Å². The Labute approximate surface area is 119 Å². The summed E-state index contributed by atoms with van der Waals surface area (Å²) < 4.78 is 0. The summed E-state index contributed by atoms with van der Waals surface area (Å²) in [7, 11) is 0. The molecule has 1 aromatic heterocycles. The Bertz CT molecular complexity index is 537. The van der Waals surface area contributed by atoms with Crippen LogP contribution in [0.25, 0.3) is 0 Å². The molecule has 5 rings (SSSR count). The highest BCUT2D eigenvalue weighted by atomic mass is 16.1. The van der Waals surface area contributed by atoms with E-state index in [4.69, 9.17) is 10.7 Å². The van der Waals surface area contributed by atoms with Gasteiger partial charge in [0.05, 0.1) is 5.69 Å². The third-order valence-electron chi connectivity index (χ3n) is 5.76. The maximum Gasteiger partial charge on any atom is 0.251 e. The van der Waals surface area contributed by atoms with Gasteiger partial charge in [-0.3, -0.25) is 4.79 Å². The van der Waals surface area contributed by atoms with E-state index in [9.17, 15) is 4.79 Å². The second kappa shape index (κ2) is 4.69. The molecule has 4 heteroatoms. The first-order valence-corrected chi connectivity index (χ1v) is 8.03. The molecule has 1 heterocycles. The minimum atomic E-state index is -0.00717. The van der Waals surface area contributed by atoms with Crippen LogP contribution in [0.3, 0.4) is 0 Å². The summed E-state index contributed by atoms with van der Waals surface area (Å²) >= 11 is 0. The summed E-state index contributed by atoms with van der Waals surface area (Å²) in [5, 5.41) is 0. The van der Waals surface area contributed by atoms with E-state index in [1.807, 2.05) is 0 Å². The number of hydrogen-bond donors (Lipinski definition) is 2. The van der Waals surface area contributed by atoms with E-state index in [1.165, 1.54) is 32.1 Å². The molecule has 4 aliphatic rings. The molecule has 4 saturated carbocycles. The molecular weight excluding hydrogens is 250 g/mol. The maximum atomic E-state index is 11.9. The molecule has 0 unspecified atom stereocenters. The molecule has 20 heavy (non-hydrogen) atoms. The summed E-state index contributed by atoms with van der Waals surface area (Å²) in [4.78, 5) is 19.4. The van der Waals surface area contributed by atoms with E-state index in [-0.39, 0.29) is 5.56 Å². The highest BCUT2D eigenvalue weighted by Gasteiger charge is 2.49. The van der Waals surface area contributed by atoms with Crippen molar-refractivity contribution in [3.63, 3.8) is 0 Å². The zero-order valence-electron chi connectivity index (χ0n) is 11.8. The molecular formula is C16H23N3O.